The number of carboxylic acid groups (broad SMARTS) is 1. The Labute approximate surface area is 104 Å². The van der Waals surface area contributed by atoms with Crippen LogP contribution in [0.5, 0.6) is 0 Å². The molecule has 0 aliphatic heterocycles. The minimum absolute atomic E-state index is 0.221. The molecule has 1 aliphatic carbocycles. The van der Waals surface area contributed by atoms with Crippen molar-refractivity contribution in [3.8, 4) is 0 Å². The lowest BCUT2D eigenvalue weighted by molar-refractivity contribution is -0.140. The maximum absolute atomic E-state index is 12.0. The van der Waals surface area contributed by atoms with Crippen molar-refractivity contribution >= 4 is 11.9 Å². The number of nitrogens with zero attached hydrogens (tertiary/aromatic N) is 2. The van der Waals surface area contributed by atoms with Crippen molar-refractivity contribution in [1.82, 2.24) is 15.1 Å². The van der Waals surface area contributed by atoms with E-state index < -0.39 is 11.9 Å². The molecule has 1 aliphatic rings. The smallest absolute Gasteiger partial charge is 0.310 e. The first-order valence-corrected chi connectivity index (χ1v) is 5.69. The molecule has 0 bridgehead atoms. The maximum atomic E-state index is 12.0. The zero-order valence-corrected chi connectivity index (χ0v) is 10.3. The fraction of sp³-hybridized carbons (Fsp3) is 0.417. The van der Waals surface area contributed by atoms with Crippen LogP contribution in [0.15, 0.2) is 18.3 Å². The Hall–Kier alpha value is -2.11. The van der Waals surface area contributed by atoms with Gasteiger partial charge >= 0.3 is 5.97 Å². The Morgan fingerprint density at radius 3 is 2.72 bits per heavy atom. The SMILES string of the molecule is Cc1nn(C)cc1C(=O)NC1C=CC(C(=O)O)C1. The molecule has 96 valence electrons. The molecule has 1 amide bonds. The van der Waals surface area contributed by atoms with E-state index in [9.17, 15) is 9.59 Å². The van der Waals surface area contributed by atoms with Crippen molar-refractivity contribution in [1.29, 1.82) is 0 Å². The molecule has 2 unspecified atom stereocenters. The lowest BCUT2D eigenvalue weighted by Gasteiger charge is -2.11. The van der Waals surface area contributed by atoms with Gasteiger partial charge in [-0.3, -0.25) is 14.3 Å². The first kappa shape index (κ1) is 12.3. The molecular weight excluding hydrogens is 234 g/mol. The van der Waals surface area contributed by atoms with Crippen molar-refractivity contribution in [2.24, 2.45) is 13.0 Å². The van der Waals surface area contributed by atoms with Crippen molar-refractivity contribution in [3.05, 3.63) is 29.6 Å². The number of rotatable bonds is 3. The molecule has 2 rings (SSSR count). The highest BCUT2D eigenvalue weighted by atomic mass is 16.4. The molecule has 0 fully saturated rings. The summed E-state index contributed by atoms with van der Waals surface area (Å²) in [5, 5.41) is 15.7. The van der Waals surface area contributed by atoms with E-state index >= 15 is 0 Å². The van der Waals surface area contributed by atoms with Crippen LogP contribution in [-0.4, -0.2) is 32.8 Å². The van der Waals surface area contributed by atoms with Crippen LogP contribution < -0.4 is 5.32 Å². The van der Waals surface area contributed by atoms with Crippen molar-refractivity contribution in [2.45, 2.75) is 19.4 Å². The molecule has 1 aromatic heterocycles. The average molecular weight is 249 g/mol. The molecule has 0 saturated carbocycles. The number of aromatic nitrogens is 2. The summed E-state index contributed by atoms with van der Waals surface area (Å²) in [5.41, 5.74) is 1.18. The normalized spacial score (nSPS) is 22.1. The van der Waals surface area contributed by atoms with Gasteiger partial charge in [-0.05, 0) is 13.3 Å². The van der Waals surface area contributed by atoms with Crippen molar-refractivity contribution < 1.29 is 14.7 Å². The molecule has 6 heteroatoms. The minimum Gasteiger partial charge on any atom is -0.481 e. The van der Waals surface area contributed by atoms with E-state index in [1.807, 2.05) is 0 Å². The van der Waals surface area contributed by atoms with E-state index in [2.05, 4.69) is 10.4 Å². The predicted molar refractivity (Wildman–Crippen MR) is 64.1 cm³/mol. The van der Waals surface area contributed by atoms with Crippen molar-refractivity contribution in [2.75, 3.05) is 0 Å². The maximum Gasteiger partial charge on any atom is 0.310 e. The average Bonchev–Trinajstić information content (AvgIpc) is 2.85. The van der Waals surface area contributed by atoms with E-state index in [0.29, 0.717) is 17.7 Å². The molecule has 1 heterocycles. The fourth-order valence-corrected chi connectivity index (χ4v) is 2.06. The van der Waals surface area contributed by atoms with Gasteiger partial charge in [-0.2, -0.15) is 5.10 Å². The summed E-state index contributed by atoms with van der Waals surface area (Å²) in [4.78, 5) is 22.7. The fourth-order valence-electron chi connectivity index (χ4n) is 2.06. The standard InChI is InChI=1S/C12H15N3O3/c1-7-10(6-15(2)14-7)11(16)13-9-4-3-8(5-9)12(17)18/h3-4,6,8-9H,5H2,1-2H3,(H,13,16)(H,17,18). The minimum atomic E-state index is -0.861. The summed E-state index contributed by atoms with van der Waals surface area (Å²) >= 11 is 0. The van der Waals surface area contributed by atoms with Gasteiger partial charge < -0.3 is 10.4 Å². The van der Waals surface area contributed by atoms with Gasteiger partial charge in [0.25, 0.3) is 5.91 Å². The zero-order valence-electron chi connectivity index (χ0n) is 10.3. The number of nitrogens with one attached hydrogen (secondary N) is 1. The van der Waals surface area contributed by atoms with Crippen LogP contribution in [0.2, 0.25) is 0 Å². The van der Waals surface area contributed by atoms with Crippen LogP contribution in [0.4, 0.5) is 0 Å². The third-order valence-corrected chi connectivity index (χ3v) is 2.98. The lowest BCUT2D eigenvalue weighted by atomic mass is 10.1. The summed E-state index contributed by atoms with van der Waals surface area (Å²) in [5.74, 6) is -1.59. The molecule has 0 aromatic carbocycles. The van der Waals surface area contributed by atoms with E-state index in [1.54, 1.807) is 37.0 Å². The summed E-state index contributed by atoms with van der Waals surface area (Å²) in [6.45, 7) is 1.76. The van der Waals surface area contributed by atoms with Gasteiger partial charge in [0.15, 0.2) is 0 Å². The highest BCUT2D eigenvalue weighted by Gasteiger charge is 2.26. The number of aliphatic carboxylic acids is 1. The number of carbonyl (C=O) groups excluding carboxylic acids is 1. The number of amides is 1. The zero-order chi connectivity index (χ0) is 13.3. The second-order valence-corrected chi connectivity index (χ2v) is 4.45. The summed E-state index contributed by atoms with van der Waals surface area (Å²) in [7, 11) is 1.75. The molecule has 2 atom stereocenters. The number of carbonyl (C=O) groups is 2. The van der Waals surface area contributed by atoms with Gasteiger partial charge in [0.2, 0.25) is 0 Å². The molecule has 18 heavy (non-hydrogen) atoms. The van der Waals surface area contributed by atoms with Gasteiger partial charge in [-0.1, -0.05) is 12.2 Å². The molecule has 2 N–H and O–H groups in total. The number of hydrogen-bond acceptors (Lipinski definition) is 3. The quantitative estimate of drug-likeness (QED) is 0.763. The van der Waals surface area contributed by atoms with Crippen LogP contribution in [-0.2, 0) is 11.8 Å². The van der Waals surface area contributed by atoms with Crippen LogP contribution in [0.25, 0.3) is 0 Å². The van der Waals surface area contributed by atoms with E-state index in [0.717, 1.165) is 0 Å². The lowest BCUT2D eigenvalue weighted by Crippen LogP contribution is -2.33. The number of hydrogen-bond donors (Lipinski definition) is 2. The Kier molecular flexibility index (Phi) is 3.18. The van der Waals surface area contributed by atoms with Gasteiger partial charge in [0, 0.05) is 19.3 Å². The third kappa shape index (κ3) is 2.42. The highest BCUT2D eigenvalue weighted by molar-refractivity contribution is 5.95. The molecule has 0 spiro atoms. The van der Waals surface area contributed by atoms with Crippen LogP contribution in [0.3, 0.4) is 0 Å². The topological polar surface area (TPSA) is 84.2 Å². The second-order valence-electron chi connectivity index (χ2n) is 4.45. The molecule has 0 radical (unpaired) electrons. The number of aryl methyl sites for hydroxylation is 2. The van der Waals surface area contributed by atoms with Gasteiger partial charge in [-0.25, -0.2) is 0 Å². The second kappa shape index (κ2) is 4.64. The molecule has 0 saturated heterocycles. The van der Waals surface area contributed by atoms with E-state index in [1.165, 1.54) is 0 Å². The van der Waals surface area contributed by atoms with Crippen molar-refractivity contribution in [3.63, 3.8) is 0 Å². The summed E-state index contributed by atoms with van der Waals surface area (Å²) < 4.78 is 1.58. The number of carboxylic acids is 1. The Bertz CT molecular complexity index is 519. The van der Waals surface area contributed by atoms with Gasteiger partial charge in [-0.15, -0.1) is 0 Å². The Balaban J connectivity index is 2.00. The Morgan fingerprint density at radius 1 is 1.50 bits per heavy atom. The van der Waals surface area contributed by atoms with Crippen LogP contribution in [0.1, 0.15) is 22.5 Å². The highest BCUT2D eigenvalue weighted by Crippen LogP contribution is 2.18. The van der Waals surface area contributed by atoms with Gasteiger partial charge in [0.1, 0.15) is 0 Å². The largest absolute Gasteiger partial charge is 0.481 e. The molecule has 6 nitrogen and oxygen atoms in total. The van der Waals surface area contributed by atoms with Gasteiger partial charge in [0.05, 0.1) is 17.2 Å². The summed E-state index contributed by atoms with van der Waals surface area (Å²) in [6, 6.07) is -0.224. The first-order valence-electron chi connectivity index (χ1n) is 5.69. The predicted octanol–water partition coefficient (Wildman–Crippen LogP) is 0.488. The monoisotopic (exact) mass is 249 g/mol. The Morgan fingerprint density at radius 2 is 2.22 bits per heavy atom. The summed E-state index contributed by atoms with van der Waals surface area (Å²) in [6.07, 6.45) is 5.39. The molecule has 1 aromatic rings. The van der Waals surface area contributed by atoms with E-state index in [-0.39, 0.29) is 11.9 Å². The first-order chi connectivity index (χ1) is 8.47. The van der Waals surface area contributed by atoms with E-state index in [4.69, 9.17) is 5.11 Å². The van der Waals surface area contributed by atoms with Crippen LogP contribution >= 0.6 is 0 Å². The third-order valence-electron chi connectivity index (χ3n) is 2.98. The molecular formula is C12H15N3O3. The van der Waals surface area contributed by atoms with Crippen LogP contribution in [0, 0.1) is 12.8 Å².